The monoisotopic (exact) mass is 223 g/mol. The standard InChI is InChI=1S/C8H8F3NO3/c9-8(10,11)5(13)12-4-2-7(6(14)15)1-3(4)7/h3-4H,1-2H2,(H,12,13)(H,14,15)/t3-,4-,7-/m0/s1. The van der Waals surface area contributed by atoms with Crippen LogP contribution in [0.2, 0.25) is 0 Å². The first kappa shape index (κ1) is 10.3. The molecule has 7 heteroatoms. The van der Waals surface area contributed by atoms with E-state index < -0.39 is 29.5 Å². The van der Waals surface area contributed by atoms with E-state index in [1.165, 1.54) is 0 Å². The first-order valence-corrected chi connectivity index (χ1v) is 4.38. The lowest BCUT2D eigenvalue weighted by molar-refractivity contribution is -0.175. The largest absolute Gasteiger partial charge is 0.481 e. The zero-order valence-corrected chi connectivity index (χ0v) is 7.47. The highest BCUT2D eigenvalue weighted by Crippen LogP contribution is 2.67. The molecular weight excluding hydrogens is 215 g/mol. The van der Waals surface area contributed by atoms with E-state index >= 15 is 0 Å². The van der Waals surface area contributed by atoms with Crippen molar-refractivity contribution < 1.29 is 27.9 Å². The number of carboxylic acid groups (broad SMARTS) is 1. The van der Waals surface area contributed by atoms with Crippen molar-refractivity contribution in [3.63, 3.8) is 0 Å². The molecule has 2 fully saturated rings. The third kappa shape index (κ3) is 1.37. The van der Waals surface area contributed by atoms with Gasteiger partial charge in [-0.15, -0.1) is 0 Å². The van der Waals surface area contributed by atoms with Crippen molar-refractivity contribution in [1.82, 2.24) is 5.32 Å². The molecule has 2 N–H and O–H groups in total. The fourth-order valence-corrected chi connectivity index (χ4v) is 2.20. The Morgan fingerprint density at radius 1 is 1.33 bits per heavy atom. The zero-order chi connectivity index (χ0) is 11.4. The minimum atomic E-state index is -4.89. The molecule has 2 rings (SSSR count). The fraction of sp³-hybridized carbons (Fsp3) is 0.750. The number of carboxylic acids is 1. The summed E-state index contributed by atoms with van der Waals surface area (Å²) >= 11 is 0. The van der Waals surface area contributed by atoms with Gasteiger partial charge in [-0.2, -0.15) is 13.2 Å². The van der Waals surface area contributed by atoms with Crippen molar-refractivity contribution >= 4 is 11.9 Å². The van der Waals surface area contributed by atoms with E-state index in [9.17, 15) is 22.8 Å². The number of amides is 1. The van der Waals surface area contributed by atoms with Crippen molar-refractivity contribution in [2.45, 2.75) is 25.1 Å². The van der Waals surface area contributed by atoms with Gasteiger partial charge >= 0.3 is 18.1 Å². The van der Waals surface area contributed by atoms with Gasteiger partial charge in [0.1, 0.15) is 0 Å². The summed E-state index contributed by atoms with van der Waals surface area (Å²) in [5.41, 5.74) is -0.844. The number of rotatable bonds is 2. The second-order valence-corrected chi connectivity index (χ2v) is 4.05. The maximum Gasteiger partial charge on any atom is 0.471 e. The number of alkyl halides is 3. The summed E-state index contributed by atoms with van der Waals surface area (Å²) in [6.45, 7) is 0. The number of halogens is 3. The van der Waals surface area contributed by atoms with Gasteiger partial charge in [-0.05, 0) is 18.8 Å². The molecular formula is C8H8F3NO3. The quantitative estimate of drug-likeness (QED) is 0.717. The molecule has 2 aliphatic rings. The molecule has 0 aromatic heterocycles. The van der Waals surface area contributed by atoms with Gasteiger partial charge in [0, 0.05) is 6.04 Å². The average molecular weight is 223 g/mol. The Kier molecular flexibility index (Phi) is 1.81. The van der Waals surface area contributed by atoms with Crippen LogP contribution >= 0.6 is 0 Å². The van der Waals surface area contributed by atoms with Crippen LogP contribution in [0.4, 0.5) is 13.2 Å². The lowest BCUT2D eigenvalue weighted by Gasteiger charge is -2.32. The molecule has 0 bridgehead atoms. The topological polar surface area (TPSA) is 66.4 Å². The maximum atomic E-state index is 11.8. The summed E-state index contributed by atoms with van der Waals surface area (Å²) in [4.78, 5) is 21.2. The highest BCUT2D eigenvalue weighted by atomic mass is 19.4. The molecule has 0 aromatic rings. The molecule has 3 atom stereocenters. The Hall–Kier alpha value is -1.27. The summed E-state index contributed by atoms with van der Waals surface area (Å²) in [7, 11) is 0. The van der Waals surface area contributed by atoms with Gasteiger partial charge in [-0.1, -0.05) is 0 Å². The van der Waals surface area contributed by atoms with E-state index in [4.69, 9.17) is 5.11 Å². The lowest BCUT2D eigenvalue weighted by Crippen LogP contribution is -2.51. The number of fused-ring (bicyclic) bond motifs is 1. The van der Waals surface area contributed by atoms with Crippen LogP contribution < -0.4 is 5.32 Å². The van der Waals surface area contributed by atoms with E-state index in [1.54, 1.807) is 5.32 Å². The van der Waals surface area contributed by atoms with Crippen LogP contribution in [-0.4, -0.2) is 29.2 Å². The Balaban J connectivity index is 1.88. The molecule has 84 valence electrons. The summed E-state index contributed by atoms with van der Waals surface area (Å²) in [5.74, 6) is -3.29. The van der Waals surface area contributed by atoms with Gasteiger partial charge in [-0.25, -0.2) is 0 Å². The van der Waals surface area contributed by atoms with Gasteiger partial charge in [0.2, 0.25) is 0 Å². The average Bonchev–Trinajstić information content (AvgIpc) is 2.66. The van der Waals surface area contributed by atoms with Crippen molar-refractivity contribution in [3.8, 4) is 0 Å². The molecule has 0 heterocycles. The third-order valence-electron chi connectivity index (χ3n) is 3.20. The van der Waals surface area contributed by atoms with Crippen LogP contribution in [0, 0.1) is 11.3 Å². The lowest BCUT2D eigenvalue weighted by atomic mass is 9.80. The SMILES string of the molecule is O=C(N[C@H]1C[C@@]2(C(=O)O)C[C@@H]12)C(F)(F)F. The van der Waals surface area contributed by atoms with E-state index in [-0.39, 0.29) is 12.3 Å². The predicted molar refractivity (Wildman–Crippen MR) is 40.8 cm³/mol. The van der Waals surface area contributed by atoms with Crippen molar-refractivity contribution in [2.75, 3.05) is 0 Å². The molecule has 0 unspecified atom stereocenters. The van der Waals surface area contributed by atoms with Crippen LogP contribution in [-0.2, 0) is 9.59 Å². The second kappa shape index (κ2) is 2.65. The number of carbonyl (C=O) groups excluding carboxylic acids is 1. The number of carbonyl (C=O) groups is 2. The van der Waals surface area contributed by atoms with Crippen LogP contribution in [0.25, 0.3) is 0 Å². The zero-order valence-electron chi connectivity index (χ0n) is 7.47. The van der Waals surface area contributed by atoms with Gasteiger partial charge < -0.3 is 10.4 Å². The Morgan fingerprint density at radius 2 is 1.93 bits per heavy atom. The molecule has 15 heavy (non-hydrogen) atoms. The van der Waals surface area contributed by atoms with Crippen molar-refractivity contribution in [1.29, 1.82) is 0 Å². The first-order chi connectivity index (χ1) is 6.77. The van der Waals surface area contributed by atoms with E-state index in [2.05, 4.69) is 0 Å². The van der Waals surface area contributed by atoms with E-state index in [1.807, 2.05) is 0 Å². The van der Waals surface area contributed by atoms with Gasteiger partial charge in [0.25, 0.3) is 0 Å². The number of aliphatic carboxylic acids is 1. The number of hydrogen-bond acceptors (Lipinski definition) is 2. The Bertz CT molecular complexity index is 341. The molecule has 1 amide bonds. The fourth-order valence-electron chi connectivity index (χ4n) is 2.20. The van der Waals surface area contributed by atoms with Crippen molar-refractivity contribution in [3.05, 3.63) is 0 Å². The summed E-state index contributed by atoms with van der Waals surface area (Å²) in [6.07, 6.45) is -4.42. The first-order valence-electron chi connectivity index (χ1n) is 4.38. The van der Waals surface area contributed by atoms with E-state index in [0.717, 1.165) is 0 Å². The van der Waals surface area contributed by atoms with Crippen LogP contribution in [0.3, 0.4) is 0 Å². The molecule has 0 radical (unpaired) electrons. The second-order valence-electron chi connectivity index (χ2n) is 4.05. The molecule has 2 aliphatic carbocycles. The molecule has 2 saturated carbocycles. The number of nitrogens with one attached hydrogen (secondary N) is 1. The molecule has 4 nitrogen and oxygen atoms in total. The maximum absolute atomic E-state index is 11.8. The molecule has 0 saturated heterocycles. The highest BCUT2D eigenvalue weighted by Gasteiger charge is 2.72. The predicted octanol–water partition coefficient (Wildman–Crippen LogP) is 0.528. The highest BCUT2D eigenvalue weighted by molar-refractivity contribution is 5.85. The summed E-state index contributed by atoms with van der Waals surface area (Å²) in [6, 6.07) is -0.629. The van der Waals surface area contributed by atoms with E-state index in [0.29, 0.717) is 6.42 Å². The Morgan fingerprint density at radius 3 is 2.27 bits per heavy atom. The van der Waals surface area contributed by atoms with Gasteiger partial charge in [0.05, 0.1) is 5.41 Å². The minimum absolute atomic E-state index is 0.106. The summed E-state index contributed by atoms with van der Waals surface area (Å²) < 4.78 is 35.5. The van der Waals surface area contributed by atoms with Gasteiger partial charge in [-0.3, -0.25) is 9.59 Å². The smallest absolute Gasteiger partial charge is 0.471 e. The molecule has 0 spiro atoms. The minimum Gasteiger partial charge on any atom is -0.481 e. The normalized spacial score (nSPS) is 37.5. The van der Waals surface area contributed by atoms with Crippen LogP contribution in [0.1, 0.15) is 12.8 Å². The van der Waals surface area contributed by atoms with Crippen LogP contribution in [0.15, 0.2) is 0 Å². The third-order valence-corrected chi connectivity index (χ3v) is 3.20. The Labute approximate surface area is 82.4 Å². The van der Waals surface area contributed by atoms with Crippen molar-refractivity contribution in [2.24, 2.45) is 11.3 Å². The van der Waals surface area contributed by atoms with Gasteiger partial charge in [0.15, 0.2) is 0 Å². The molecule has 0 aliphatic heterocycles. The molecule has 0 aromatic carbocycles. The van der Waals surface area contributed by atoms with Crippen LogP contribution in [0.5, 0.6) is 0 Å². The number of hydrogen-bond donors (Lipinski definition) is 2. The summed E-state index contributed by atoms with van der Waals surface area (Å²) in [5, 5.41) is 10.5.